The van der Waals surface area contributed by atoms with Gasteiger partial charge in [-0.1, -0.05) is 60.7 Å². The molecule has 2 amide bonds. The van der Waals surface area contributed by atoms with Crippen molar-refractivity contribution < 1.29 is 22.4 Å². The lowest BCUT2D eigenvalue weighted by molar-refractivity contribution is -0.122. The highest BCUT2D eigenvalue weighted by Crippen LogP contribution is 2.36. The van der Waals surface area contributed by atoms with Crippen LogP contribution in [-0.2, 0) is 19.6 Å². The van der Waals surface area contributed by atoms with E-state index in [1.807, 2.05) is 30.3 Å². The topological polar surface area (TPSA) is 74.8 Å². The standard InChI is InChI=1S/C28H23FN2O4S/c1-19(20-7-3-2-4-8-20)31(36(34,35)25-16-11-21-9-5-6-10-22(21)17-25)26-18-27(32)30(28(26)33)24-14-12-23(29)13-15-24/h2-17,19,26H,18H2,1H3. The molecule has 6 nitrogen and oxygen atoms in total. The minimum atomic E-state index is -4.22. The van der Waals surface area contributed by atoms with E-state index in [-0.39, 0.29) is 17.0 Å². The number of hydrogen-bond donors (Lipinski definition) is 0. The highest BCUT2D eigenvalue weighted by atomic mass is 32.2. The minimum absolute atomic E-state index is 0.0319. The number of anilines is 1. The second-order valence-electron chi connectivity index (χ2n) is 8.69. The summed E-state index contributed by atoms with van der Waals surface area (Å²) < 4.78 is 42.8. The van der Waals surface area contributed by atoms with Gasteiger partial charge in [0.1, 0.15) is 11.9 Å². The molecule has 1 fully saturated rings. The molecule has 2 atom stereocenters. The first-order valence-electron chi connectivity index (χ1n) is 11.5. The first kappa shape index (κ1) is 23.8. The Balaban J connectivity index is 1.61. The number of imide groups is 1. The van der Waals surface area contributed by atoms with Crippen molar-refractivity contribution in [3.05, 3.63) is 108 Å². The Morgan fingerprint density at radius 1 is 0.861 bits per heavy atom. The summed E-state index contributed by atoms with van der Waals surface area (Å²) in [6.07, 6.45) is -0.319. The molecule has 0 aliphatic carbocycles. The molecule has 2 unspecified atom stereocenters. The van der Waals surface area contributed by atoms with Crippen LogP contribution < -0.4 is 4.90 Å². The monoisotopic (exact) mass is 502 g/mol. The molecule has 5 rings (SSSR count). The van der Waals surface area contributed by atoms with Gasteiger partial charge in [-0.25, -0.2) is 17.7 Å². The third-order valence-electron chi connectivity index (χ3n) is 6.47. The molecule has 1 saturated heterocycles. The normalized spacial score (nSPS) is 17.2. The molecule has 4 aromatic rings. The lowest BCUT2D eigenvalue weighted by Crippen LogP contribution is -2.46. The van der Waals surface area contributed by atoms with E-state index < -0.39 is 39.7 Å². The van der Waals surface area contributed by atoms with Crippen LogP contribution in [0.4, 0.5) is 10.1 Å². The van der Waals surface area contributed by atoms with Crippen LogP contribution in [0.15, 0.2) is 102 Å². The van der Waals surface area contributed by atoms with E-state index >= 15 is 0 Å². The van der Waals surface area contributed by atoms with Gasteiger partial charge in [-0.05, 0) is 59.7 Å². The number of fused-ring (bicyclic) bond motifs is 1. The molecule has 1 heterocycles. The lowest BCUT2D eigenvalue weighted by Gasteiger charge is -2.32. The molecule has 1 aliphatic heterocycles. The van der Waals surface area contributed by atoms with Crippen LogP contribution in [0, 0.1) is 5.82 Å². The first-order chi connectivity index (χ1) is 17.3. The van der Waals surface area contributed by atoms with Crippen LogP contribution in [0.5, 0.6) is 0 Å². The Hall–Kier alpha value is -3.88. The van der Waals surface area contributed by atoms with Gasteiger partial charge in [-0.3, -0.25) is 9.59 Å². The second-order valence-corrected chi connectivity index (χ2v) is 10.5. The molecule has 182 valence electrons. The third-order valence-corrected chi connectivity index (χ3v) is 8.45. The van der Waals surface area contributed by atoms with E-state index in [1.54, 1.807) is 43.3 Å². The van der Waals surface area contributed by atoms with Crippen LogP contribution >= 0.6 is 0 Å². The first-order valence-corrected chi connectivity index (χ1v) is 12.9. The number of carbonyl (C=O) groups excluding carboxylic acids is 2. The predicted molar refractivity (Wildman–Crippen MR) is 135 cm³/mol. The summed E-state index contributed by atoms with van der Waals surface area (Å²) in [5.41, 5.74) is 0.881. The molecule has 1 aliphatic rings. The number of carbonyl (C=O) groups is 2. The van der Waals surface area contributed by atoms with Crippen molar-refractivity contribution in [2.24, 2.45) is 0 Å². The molecule has 36 heavy (non-hydrogen) atoms. The van der Waals surface area contributed by atoms with Gasteiger partial charge in [0.2, 0.25) is 15.9 Å². The summed E-state index contributed by atoms with van der Waals surface area (Å²) in [6.45, 7) is 1.70. The molecule has 0 radical (unpaired) electrons. The number of hydrogen-bond acceptors (Lipinski definition) is 4. The van der Waals surface area contributed by atoms with Crippen LogP contribution in [-0.4, -0.2) is 30.6 Å². The molecular formula is C28H23FN2O4S. The Labute approximate surface area is 208 Å². The zero-order valence-electron chi connectivity index (χ0n) is 19.4. The summed E-state index contributed by atoms with van der Waals surface area (Å²) in [4.78, 5) is 27.5. The third kappa shape index (κ3) is 4.19. The van der Waals surface area contributed by atoms with E-state index in [2.05, 4.69) is 0 Å². The second kappa shape index (κ2) is 9.29. The molecule has 0 bridgehead atoms. The van der Waals surface area contributed by atoms with E-state index in [0.717, 1.165) is 32.1 Å². The number of benzene rings is 4. The largest absolute Gasteiger partial charge is 0.274 e. The van der Waals surface area contributed by atoms with Crippen molar-refractivity contribution >= 4 is 38.3 Å². The Morgan fingerprint density at radius 2 is 1.50 bits per heavy atom. The molecular weight excluding hydrogens is 479 g/mol. The fraction of sp³-hybridized carbons (Fsp3) is 0.143. The summed E-state index contributed by atoms with van der Waals surface area (Å²) in [7, 11) is -4.22. The number of amides is 2. The van der Waals surface area contributed by atoms with E-state index in [9.17, 15) is 22.4 Å². The molecule has 0 aromatic heterocycles. The Kier molecular flexibility index (Phi) is 6.15. The van der Waals surface area contributed by atoms with E-state index in [1.165, 1.54) is 18.2 Å². The number of halogens is 1. The van der Waals surface area contributed by atoms with E-state index in [0.29, 0.717) is 5.56 Å². The highest BCUT2D eigenvalue weighted by Gasteiger charge is 2.49. The van der Waals surface area contributed by atoms with Crippen molar-refractivity contribution in [1.82, 2.24) is 4.31 Å². The number of nitrogens with zero attached hydrogens (tertiary/aromatic N) is 2. The van der Waals surface area contributed by atoms with Crippen LogP contribution in [0.25, 0.3) is 10.8 Å². The summed E-state index contributed by atoms with van der Waals surface area (Å²) in [5.74, 6) is -1.72. The fourth-order valence-electron chi connectivity index (χ4n) is 4.65. The van der Waals surface area contributed by atoms with Gasteiger partial charge >= 0.3 is 0 Å². The van der Waals surface area contributed by atoms with Gasteiger partial charge in [0, 0.05) is 6.04 Å². The average Bonchev–Trinajstić information content (AvgIpc) is 3.17. The van der Waals surface area contributed by atoms with Gasteiger partial charge in [-0.2, -0.15) is 4.31 Å². The zero-order chi connectivity index (χ0) is 25.4. The summed E-state index contributed by atoms with van der Waals surface area (Å²) in [5, 5.41) is 1.63. The smallest absolute Gasteiger partial charge is 0.252 e. The maximum Gasteiger partial charge on any atom is 0.252 e. The van der Waals surface area contributed by atoms with Crippen molar-refractivity contribution in [2.45, 2.75) is 30.3 Å². The maximum atomic E-state index is 14.1. The van der Waals surface area contributed by atoms with Gasteiger partial charge in [-0.15, -0.1) is 0 Å². The Bertz CT molecular complexity index is 1560. The quantitative estimate of drug-likeness (QED) is 0.345. The fourth-order valence-corrected chi connectivity index (χ4v) is 6.45. The lowest BCUT2D eigenvalue weighted by atomic mass is 10.1. The van der Waals surface area contributed by atoms with Gasteiger partial charge in [0.05, 0.1) is 17.0 Å². The van der Waals surface area contributed by atoms with E-state index in [4.69, 9.17) is 0 Å². The van der Waals surface area contributed by atoms with Crippen LogP contribution in [0.2, 0.25) is 0 Å². The summed E-state index contributed by atoms with van der Waals surface area (Å²) >= 11 is 0. The number of rotatable bonds is 6. The van der Waals surface area contributed by atoms with Gasteiger partial charge < -0.3 is 0 Å². The van der Waals surface area contributed by atoms with Gasteiger partial charge in [0.25, 0.3) is 5.91 Å². The zero-order valence-corrected chi connectivity index (χ0v) is 20.2. The highest BCUT2D eigenvalue weighted by molar-refractivity contribution is 7.89. The molecule has 4 aromatic carbocycles. The van der Waals surface area contributed by atoms with Crippen molar-refractivity contribution in [3.63, 3.8) is 0 Å². The van der Waals surface area contributed by atoms with Crippen LogP contribution in [0.1, 0.15) is 24.9 Å². The van der Waals surface area contributed by atoms with Crippen molar-refractivity contribution in [1.29, 1.82) is 0 Å². The van der Waals surface area contributed by atoms with Gasteiger partial charge in [0.15, 0.2) is 0 Å². The molecule has 0 spiro atoms. The maximum absolute atomic E-state index is 14.1. The van der Waals surface area contributed by atoms with Crippen LogP contribution in [0.3, 0.4) is 0 Å². The van der Waals surface area contributed by atoms with Crippen molar-refractivity contribution in [3.8, 4) is 0 Å². The number of sulfonamides is 1. The predicted octanol–water partition coefficient (Wildman–Crippen LogP) is 5.06. The minimum Gasteiger partial charge on any atom is -0.274 e. The van der Waals surface area contributed by atoms with Crippen molar-refractivity contribution in [2.75, 3.05) is 4.90 Å². The SMILES string of the molecule is CC(c1ccccc1)N(C1CC(=O)N(c2ccc(F)cc2)C1=O)S(=O)(=O)c1ccc2ccccc2c1. The molecule has 8 heteroatoms. The molecule has 0 N–H and O–H groups in total. The Morgan fingerprint density at radius 3 is 2.19 bits per heavy atom. The molecule has 0 saturated carbocycles. The summed E-state index contributed by atoms with van der Waals surface area (Å²) in [6, 6.07) is 24.1. The average molecular weight is 503 g/mol.